The third-order valence-corrected chi connectivity index (χ3v) is 6.13. The van der Waals surface area contributed by atoms with Gasteiger partial charge in [-0.15, -0.1) is 0 Å². The van der Waals surface area contributed by atoms with Crippen LogP contribution in [0.2, 0.25) is 0 Å². The molecule has 0 unspecified atom stereocenters. The fourth-order valence-electron chi connectivity index (χ4n) is 4.08. The van der Waals surface area contributed by atoms with Crippen LogP contribution in [-0.4, -0.2) is 38.2 Å². The van der Waals surface area contributed by atoms with Crippen LogP contribution in [0.15, 0.2) is 34.2 Å². The van der Waals surface area contributed by atoms with E-state index in [0.29, 0.717) is 21.8 Å². The fourth-order valence-corrected chi connectivity index (χ4v) is 5.02. The molecule has 27 heavy (non-hydrogen) atoms. The Morgan fingerprint density at radius 2 is 1.81 bits per heavy atom. The normalized spacial score (nSPS) is 15.2. The zero-order valence-corrected chi connectivity index (χ0v) is 17.5. The number of thioether (sulfide) groups is 1. The van der Waals surface area contributed by atoms with E-state index >= 15 is 0 Å². The van der Waals surface area contributed by atoms with E-state index in [1.54, 1.807) is 0 Å². The minimum Gasteiger partial charge on any atom is -0.337 e. The van der Waals surface area contributed by atoms with Crippen LogP contribution in [0.5, 0.6) is 0 Å². The Labute approximate surface area is 165 Å². The Kier molecular flexibility index (Phi) is 6.25. The van der Waals surface area contributed by atoms with E-state index in [2.05, 4.69) is 0 Å². The summed E-state index contributed by atoms with van der Waals surface area (Å²) >= 11 is 1.39. The van der Waals surface area contributed by atoms with Gasteiger partial charge in [-0.1, -0.05) is 36.7 Å². The quantitative estimate of drug-likeness (QED) is 0.549. The van der Waals surface area contributed by atoms with Gasteiger partial charge in [0, 0.05) is 18.1 Å². The Hall–Kier alpha value is -1.82. The van der Waals surface area contributed by atoms with Crippen molar-refractivity contribution in [2.45, 2.75) is 76.7 Å². The van der Waals surface area contributed by atoms with Crippen LogP contribution in [0, 0.1) is 0 Å². The van der Waals surface area contributed by atoms with E-state index in [1.807, 2.05) is 61.4 Å². The number of nitrogens with zero attached hydrogens (tertiary/aromatic N) is 3. The van der Waals surface area contributed by atoms with Crippen molar-refractivity contribution in [2.24, 2.45) is 0 Å². The Morgan fingerprint density at radius 3 is 2.44 bits per heavy atom. The van der Waals surface area contributed by atoms with E-state index in [9.17, 15) is 9.59 Å². The summed E-state index contributed by atoms with van der Waals surface area (Å²) in [4.78, 5) is 32.6. The number of amides is 1. The predicted molar refractivity (Wildman–Crippen MR) is 111 cm³/mol. The fraction of sp³-hybridized carbons (Fsp3) is 0.571. The number of benzene rings is 1. The topological polar surface area (TPSA) is 55.2 Å². The van der Waals surface area contributed by atoms with Gasteiger partial charge in [-0.05, 0) is 52.7 Å². The molecule has 5 nitrogen and oxygen atoms in total. The Morgan fingerprint density at radius 1 is 1.19 bits per heavy atom. The van der Waals surface area contributed by atoms with Crippen molar-refractivity contribution in [1.82, 2.24) is 14.5 Å². The molecular formula is C21H29N3O2S. The van der Waals surface area contributed by atoms with Gasteiger partial charge >= 0.3 is 0 Å². The summed E-state index contributed by atoms with van der Waals surface area (Å²) in [5.74, 6) is 0.388. The van der Waals surface area contributed by atoms with E-state index in [0.717, 1.165) is 25.7 Å². The molecule has 0 radical (unpaired) electrons. The van der Waals surface area contributed by atoms with Crippen LogP contribution in [0.1, 0.15) is 59.4 Å². The average molecular weight is 388 g/mol. The van der Waals surface area contributed by atoms with Crippen LogP contribution in [-0.2, 0) is 4.79 Å². The number of para-hydroxylation sites is 1. The summed E-state index contributed by atoms with van der Waals surface area (Å²) in [7, 11) is 0. The van der Waals surface area contributed by atoms with Crippen LogP contribution in [0.3, 0.4) is 0 Å². The number of hydrogen-bond donors (Lipinski definition) is 0. The summed E-state index contributed by atoms with van der Waals surface area (Å²) in [6.45, 7) is 8.13. The molecule has 1 amide bonds. The summed E-state index contributed by atoms with van der Waals surface area (Å²) in [6, 6.07) is 7.99. The highest BCUT2D eigenvalue weighted by Gasteiger charge is 2.25. The number of aromatic nitrogens is 2. The first-order valence-electron chi connectivity index (χ1n) is 9.85. The van der Waals surface area contributed by atoms with Crippen molar-refractivity contribution in [3.05, 3.63) is 34.6 Å². The molecule has 0 N–H and O–H groups in total. The third-order valence-electron chi connectivity index (χ3n) is 5.19. The monoisotopic (exact) mass is 387 g/mol. The van der Waals surface area contributed by atoms with Gasteiger partial charge in [0.15, 0.2) is 5.16 Å². The van der Waals surface area contributed by atoms with E-state index in [-0.39, 0.29) is 29.6 Å². The SMILES string of the molecule is CC(C)N(C(=O)CSc1nc2ccccc2c(=O)n1C1CCCC1)C(C)C. The maximum Gasteiger partial charge on any atom is 0.262 e. The van der Waals surface area contributed by atoms with Crippen LogP contribution in [0.4, 0.5) is 0 Å². The molecule has 1 aliphatic rings. The number of rotatable bonds is 6. The van der Waals surface area contributed by atoms with E-state index < -0.39 is 0 Å². The lowest BCUT2D eigenvalue weighted by atomic mass is 10.2. The average Bonchev–Trinajstić information content (AvgIpc) is 3.13. The molecule has 0 saturated heterocycles. The smallest absolute Gasteiger partial charge is 0.262 e. The van der Waals surface area contributed by atoms with Gasteiger partial charge in [0.05, 0.1) is 16.7 Å². The Balaban J connectivity index is 1.94. The first kappa shape index (κ1) is 19.9. The lowest BCUT2D eigenvalue weighted by Gasteiger charge is -2.30. The zero-order chi connectivity index (χ0) is 19.6. The van der Waals surface area contributed by atoms with Crippen LogP contribution >= 0.6 is 11.8 Å². The van der Waals surface area contributed by atoms with Crippen LogP contribution in [0.25, 0.3) is 10.9 Å². The molecule has 0 bridgehead atoms. The highest BCUT2D eigenvalue weighted by atomic mass is 32.2. The van der Waals surface area contributed by atoms with Gasteiger partial charge in [0.25, 0.3) is 5.56 Å². The molecule has 1 aromatic carbocycles. The van der Waals surface area contributed by atoms with Crippen molar-refractivity contribution < 1.29 is 4.79 Å². The van der Waals surface area contributed by atoms with Gasteiger partial charge < -0.3 is 4.90 Å². The molecule has 1 aliphatic carbocycles. The minimum atomic E-state index is 0.0204. The molecule has 6 heteroatoms. The molecule has 3 rings (SSSR count). The molecule has 0 aliphatic heterocycles. The number of fused-ring (bicyclic) bond motifs is 1. The number of carbonyl (C=O) groups is 1. The molecule has 1 saturated carbocycles. The summed E-state index contributed by atoms with van der Waals surface area (Å²) in [5.41, 5.74) is 0.725. The summed E-state index contributed by atoms with van der Waals surface area (Å²) < 4.78 is 1.85. The molecular weight excluding hydrogens is 358 g/mol. The van der Waals surface area contributed by atoms with Gasteiger partial charge in [0.1, 0.15) is 0 Å². The molecule has 146 valence electrons. The van der Waals surface area contributed by atoms with Gasteiger partial charge in [-0.25, -0.2) is 4.98 Å². The Bertz CT molecular complexity index is 861. The lowest BCUT2D eigenvalue weighted by molar-refractivity contribution is -0.131. The largest absolute Gasteiger partial charge is 0.337 e. The molecule has 2 aromatic rings. The van der Waals surface area contributed by atoms with E-state index in [1.165, 1.54) is 11.8 Å². The van der Waals surface area contributed by atoms with Gasteiger partial charge in [-0.2, -0.15) is 0 Å². The highest BCUT2D eigenvalue weighted by molar-refractivity contribution is 7.99. The van der Waals surface area contributed by atoms with Crippen molar-refractivity contribution in [3.63, 3.8) is 0 Å². The molecule has 0 spiro atoms. The van der Waals surface area contributed by atoms with Gasteiger partial charge in [0.2, 0.25) is 5.91 Å². The molecule has 1 fully saturated rings. The first-order valence-corrected chi connectivity index (χ1v) is 10.8. The van der Waals surface area contributed by atoms with Crippen molar-refractivity contribution in [3.8, 4) is 0 Å². The number of carbonyl (C=O) groups excluding carboxylic acids is 1. The second kappa shape index (κ2) is 8.46. The lowest BCUT2D eigenvalue weighted by Crippen LogP contribution is -2.43. The van der Waals surface area contributed by atoms with Crippen LogP contribution < -0.4 is 5.56 Å². The molecule has 0 atom stereocenters. The minimum absolute atomic E-state index is 0.0204. The maximum atomic E-state index is 13.1. The van der Waals surface area contributed by atoms with Gasteiger partial charge in [-0.3, -0.25) is 14.2 Å². The third kappa shape index (κ3) is 4.21. The standard InChI is InChI=1S/C21H29N3O2S/c1-14(2)23(15(3)4)19(25)13-27-21-22-18-12-8-7-11-17(18)20(26)24(21)16-9-5-6-10-16/h7-8,11-12,14-16H,5-6,9-10,13H2,1-4H3. The highest BCUT2D eigenvalue weighted by Crippen LogP contribution is 2.32. The van der Waals surface area contributed by atoms with Crippen molar-refractivity contribution in [1.29, 1.82) is 0 Å². The summed E-state index contributed by atoms with van der Waals surface area (Å²) in [5, 5.41) is 1.33. The number of hydrogen-bond acceptors (Lipinski definition) is 4. The second-order valence-corrected chi connectivity index (χ2v) is 8.74. The first-order chi connectivity index (χ1) is 12.9. The summed E-state index contributed by atoms with van der Waals surface area (Å²) in [6.07, 6.45) is 4.29. The zero-order valence-electron chi connectivity index (χ0n) is 16.6. The predicted octanol–water partition coefficient (Wildman–Crippen LogP) is 4.25. The van der Waals surface area contributed by atoms with Crippen molar-refractivity contribution in [2.75, 3.05) is 5.75 Å². The molecule has 1 heterocycles. The maximum absolute atomic E-state index is 13.1. The van der Waals surface area contributed by atoms with Crippen molar-refractivity contribution >= 4 is 28.6 Å². The van der Waals surface area contributed by atoms with E-state index in [4.69, 9.17) is 4.98 Å². The second-order valence-electron chi connectivity index (χ2n) is 7.80. The molecule has 1 aromatic heterocycles.